The van der Waals surface area contributed by atoms with Crippen LogP contribution in [0, 0.1) is 5.41 Å². The van der Waals surface area contributed by atoms with Gasteiger partial charge in [-0.25, -0.2) is 0 Å². The molecule has 0 aromatic heterocycles. The summed E-state index contributed by atoms with van der Waals surface area (Å²) in [6.45, 7) is 6.70. The first-order valence-electron chi connectivity index (χ1n) is 5.46. The zero-order chi connectivity index (χ0) is 11.5. The van der Waals surface area contributed by atoms with Crippen molar-refractivity contribution in [2.24, 2.45) is 5.41 Å². The van der Waals surface area contributed by atoms with E-state index >= 15 is 0 Å². The van der Waals surface area contributed by atoms with Crippen LogP contribution in [-0.4, -0.2) is 50.7 Å². The minimum absolute atomic E-state index is 0.152. The van der Waals surface area contributed by atoms with E-state index in [4.69, 9.17) is 4.74 Å². The Labute approximate surface area is 92.0 Å². The Morgan fingerprint density at radius 1 is 1.60 bits per heavy atom. The molecule has 1 unspecified atom stereocenters. The summed E-state index contributed by atoms with van der Waals surface area (Å²) >= 11 is 0. The number of nitrogens with zero attached hydrogens (tertiary/aromatic N) is 1. The van der Waals surface area contributed by atoms with Gasteiger partial charge in [-0.3, -0.25) is 4.79 Å². The van der Waals surface area contributed by atoms with Crippen molar-refractivity contribution in [2.45, 2.75) is 26.3 Å². The molecule has 1 rings (SSSR count). The molecule has 15 heavy (non-hydrogen) atoms. The fourth-order valence-electron chi connectivity index (χ4n) is 1.85. The SMILES string of the molecule is COC(=O)C(C)(C)CNC1CCN(C)C1. The van der Waals surface area contributed by atoms with Gasteiger partial charge in [0.15, 0.2) is 0 Å². The molecule has 1 aliphatic rings. The third kappa shape index (κ3) is 3.47. The standard InChI is InChI=1S/C11H22N2O2/c1-11(2,10(14)15-4)8-12-9-5-6-13(3)7-9/h9,12H,5-8H2,1-4H3. The van der Waals surface area contributed by atoms with E-state index in [0.29, 0.717) is 12.6 Å². The van der Waals surface area contributed by atoms with Crippen LogP contribution < -0.4 is 5.32 Å². The summed E-state index contributed by atoms with van der Waals surface area (Å²) in [5, 5.41) is 3.42. The molecule has 0 amide bonds. The first-order chi connectivity index (χ1) is 6.95. The van der Waals surface area contributed by atoms with Gasteiger partial charge < -0.3 is 15.0 Å². The van der Waals surface area contributed by atoms with Crippen LogP contribution in [-0.2, 0) is 9.53 Å². The Morgan fingerprint density at radius 3 is 2.73 bits per heavy atom. The zero-order valence-corrected chi connectivity index (χ0v) is 10.2. The van der Waals surface area contributed by atoms with Crippen molar-refractivity contribution in [2.75, 3.05) is 33.8 Å². The summed E-state index contributed by atoms with van der Waals surface area (Å²) in [4.78, 5) is 13.7. The highest BCUT2D eigenvalue weighted by atomic mass is 16.5. The second-order valence-electron chi connectivity index (χ2n) is 5.00. The summed E-state index contributed by atoms with van der Waals surface area (Å²) in [6.07, 6.45) is 1.16. The number of rotatable bonds is 4. The third-order valence-electron chi connectivity index (χ3n) is 2.96. The molecule has 1 N–H and O–H groups in total. The van der Waals surface area contributed by atoms with Crippen LogP contribution in [0.4, 0.5) is 0 Å². The van der Waals surface area contributed by atoms with Crippen molar-refractivity contribution in [1.82, 2.24) is 10.2 Å². The van der Waals surface area contributed by atoms with Crippen LogP contribution in [0.2, 0.25) is 0 Å². The second-order valence-corrected chi connectivity index (χ2v) is 5.00. The number of nitrogens with one attached hydrogen (secondary N) is 1. The number of hydrogen-bond donors (Lipinski definition) is 1. The molecule has 0 spiro atoms. The number of likely N-dealkylation sites (N-methyl/N-ethyl adjacent to an activating group) is 1. The lowest BCUT2D eigenvalue weighted by atomic mass is 9.93. The number of ether oxygens (including phenoxy) is 1. The maximum atomic E-state index is 11.4. The van der Waals surface area contributed by atoms with Gasteiger partial charge in [0.1, 0.15) is 0 Å². The predicted octanol–water partition coefficient (Wildman–Crippen LogP) is 0.479. The lowest BCUT2D eigenvalue weighted by molar-refractivity contribution is -0.150. The van der Waals surface area contributed by atoms with Gasteiger partial charge in [-0.15, -0.1) is 0 Å². The van der Waals surface area contributed by atoms with Gasteiger partial charge in [0.25, 0.3) is 0 Å². The fraction of sp³-hybridized carbons (Fsp3) is 0.909. The molecule has 1 aliphatic heterocycles. The minimum Gasteiger partial charge on any atom is -0.469 e. The molecule has 1 saturated heterocycles. The average molecular weight is 214 g/mol. The number of hydrogen-bond acceptors (Lipinski definition) is 4. The Bertz CT molecular complexity index is 229. The summed E-state index contributed by atoms with van der Waals surface area (Å²) in [5.41, 5.74) is -0.435. The molecule has 0 bridgehead atoms. The predicted molar refractivity (Wildman–Crippen MR) is 59.7 cm³/mol. The van der Waals surface area contributed by atoms with Crippen molar-refractivity contribution >= 4 is 5.97 Å². The van der Waals surface area contributed by atoms with Crippen molar-refractivity contribution in [1.29, 1.82) is 0 Å². The third-order valence-corrected chi connectivity index (χ3v) is 2.96. The van der Waals surface area contributed by atoms with Gasteiger partial charge >= 0.3 is 5.97 Å². The summed E-state index contributed by atoms with van der Waals surface area (Å²) < 4.78 is 4.76. The van der Waals surface area contributed by atoms with E-state index in [-0.39, 0.29) is 5.97 Å². The Kier molecular flexibility index (Phi) is 4.11. The second kappa shape index (κ2) is 4.94. The molecule has 0 aromatic carbocycles. The van der Waals surface area contributed by atoms with Gasteiger partial charge in [0.2, 0.25) is 0 Å². The van der Waals surface area contributed by atoms with Gasteiger partial charge in [-0.05, 0) is 33.9 Å². The molecular formula is C11H22N2O2. The molecule has 0 saturated carbocycles. The Hall–Kier alpha value is -0.610. The van der Waals surface area contributed by atoms with E-state index in [9.17, 15) is 4.79 Å². The smallest absolute Gasteiger partial charge is 0.312 e. The van der Waals surface area contributed by atoms with E-state index in [0.717, 1.165) is 19.5 Å². The molecule has 0 aliphatic carbocycles. The van der Waals surface area contributed by atoms with Gasteiger partial charge in [0, 0.05) is 19.1 Å². The van der Waals surface area contributed by atoms with E-state index < -0.39 is 5.41 Å². The normalized spacial score (nSPS) is 23.1. The first-order valence-corrected chi connectivity index (χ1v) is 5.46. The molecule has 1 heterocycles. The molecule has 1 fully saturated rings. The summed E-state index contributed by atoms with van der Waals surface area (Å²) in [5.74, 6) is -0.152. The van der Waals surface area contributed by atoms with E-state index in [1.165, 1.54) is 7.11 Å². The fourth-order valence-corrected chi connectivity index (χ4v) is 1.85. The van der Waals surface area contributed by atoms with Crippen LogP contribution in [0.25, 0.3) is 0 Å². The maximum Gasteiger partial charge on any atom is 0.312 e. The summed E-state index contributed by atoms with van der Waals surface area (Å²) in [7, 11) is 3.56. The largest absolute Gasteiger partial charge is 0.469 e. The average Bonchev–Trinajstić information content (AvgIpc) is 2.60. The van der Waals surface area contributed by atoms with Crippen molar-refractivity contribution in [3.63, 3.8) is 0 Å². The Morgan fingerprint density at radius 2 is 2.27 bits per heavy atom. The van der Waals surface area contributed by atoms with E-state index in [2.05, 4.69) is 17.3 Å². The van der Waals surface area contributed by atoms with Crippen LogP contribution >= 0.6 is 0 Å². The highest BCUT2D eigenvalue weighted by Gasteiger charge is 2.30. The molecule has 4 heteroatoms. The lowest BCUT2D eigenvalue weighted by Crippen LogP contribution is -2.42. The van der Waals surface area contributed by atoms with Gasteiger partial charge in [0.05, 0.1) is 12.5 Å². The maximum absolute atomic E-state index is 11.4. The van der Waals surface area contributed by atoms with Crippen molar-refractivity contribution in [3.8, 4) is 0 Å². The van der Waals surface area contributed by atoms with Gasteiger partial charge in [-0.1, -0.05) is 0 Å². The van der Waals surface area contributed by atoms with E-state index in [1.54, 1.807) is 0 Å². The highest BCUT2D eigenvalue weighted by Crippen LogP contribution is 2.16. The molecule has 0 radical (unpaired) electrons. The number of carbonyl (C=O) groups is 1. The van der Waals surface area contributed by atoms with Crippen LogP contribution in [0.15, 0.2) is 0 Å². The number of carbonyl (C=O) groups excluding carboxylic acids is 1. The highest BCUT2D eigenvalue weighted by molar-refractivity contribution is 5.76. The van der Waals surface area contributed by atoms with Crippen LogP contribution in [0.3, 0.4) is 0 Å². The summed E-state index contributed by atoms with van der Waals surface area (Å²) in [6, 6.07) is 0.513. The minimum atomic E-state index is -0.435. The number of methoxy groups -OCH3 is 1. The van der Waals surface area contributed by atoms with Gasteiger partial charge in [-0.2, -0.15) is 0 Å². The topological polar surface area (TPSA) is 41.6 Å². The molecule has 88 valence electrons. The van der Waals surface area contributed by atoms with Crippen molar-refractivity contribution in [3.05, 3.63) is 0 Å². The molecule has 4 nitrogen and oxygen atoms in total. The lowest BCUT2D eigenvalue weighted by Gasteiger charge is -2.24. The quantitative estimate of drug-likeness (QED) is 0.691. The first kappa shape index (κ1) is 12.5. The number of likely N-dealkylation sites (tertiary alicyclic amines) is 1. The molecule has 0 aromatic rings. The zero-order valence-electron chi connectivity index (χ0n) is 10.2. The number of esters is 1. The van der Waals surface area contributed by atoms with Crippen LogP contribution in [0.5, 0.6) is 0 Å². The molecule has 1 atom stereocenters. The Balaban J connectivity index is 2.32. The van der Waals surface area contributed by atoms with E-state index in [1.807, 2.05) is 13.8 Å². The van der Waals surface area contributed by atoms with Crippen LogP contribution in [0.1, 0.15) is 20.3 Å². The van der Waals surface area contributed by atoms with Crippen molar-refractivity contribution < 1.29 is 9.53 Å². The monoisotopic (exact) mass is 214 g/mol. The molecular weight excluding hydrogens is 192 g/mol.